The Morgan fingerprint density at radius 1 is 1.29 bits per heavy atom. The van der Waals surface area contributed by atoms with Gasteiger partial charge < -0.3 is 19.7 Å². The van der Waals surface area contributed by atoms with Crippen molar-refractivity contribution in [3.63, 3.8) is 0 Å². The SMILES string of the molecule is CC(CO)NC1CCc2c(-c3noc(-c4ccc(OC(C)C)c(C#N)c4)n3)cccc21. The molecule has 1 aromatic heterocycles. The summed E-state index contributed by atoms with van der Waals surface area (Å²) < 4.78 is 11.2. The van der Waals surface area contributed by atoms with Gasteiger partial charge in [-0.05, 0) is 62.9 Å². The van der Waals surface area contributed by atoms with Crippen LogP contribution in [0.15, 0.2) is 40.9 Å². The Morgan fingerprint density at radius 3 is 2.87 bits per heavy atom. The molecule has 1 heterocycles. The Hall–Kier alpha value is -3.21. The Balaban J connectivity index is 1.63. The summed E-state index contributed by atoms with van der Waals surface area (Å²) in [5.41, 5.74) is 4.48. The van der Waals surface area contributed by atoms with Crippen LogP contribution < -0.4 is 10.1 Å². The molecule has 4 rings (SSSR count). The van der Waals surface area contributed by atoms with Gasteiger partial charge in [-0.1, -0.05) is 23.4 Å². The van der Waals surface area contributed by atoms with E-state index < -0.39 is 0 Å². The predicted molar refractivity (Wildman–Crippen MR) is 116 cm³/mol. The lowest BCUT2D eigenvalue weighted by atomic mass is 10.0. The average molecular weight is 418 g/mol. The van der Waals surface area contributed by atoms with Crippen LogP contribution in [0, 0.1) is 11.3 Å². The molecule has 0 fully saturated rings. The van der Waals surface area contributed by atoms with Crippen molar-refractivity contribution in [1.29, 1.82) is 5.26 Å². The third-order valence-electron chi connectivity index (χ3n) is 5.41. The van der Waals surface area contributed by atoms with Crippen molar-refractivity contribution >= 4 is 0 Å². The van der Waals surface area contributed by atoms with Gasteiger partial charge in [0.05, 0.1) is 18.3 Å². The minimum Gasteiger partial charge on any atom is -0.490 e. The van der Waals surface area contributed by atoms with E-state index in [1.54, 1.807) is 12.1 Å². The molecule has 0 bridgehead atoms. The maximum atomic E-state index is 9.48. The van der Waals surface area contributed by atoms with Crippen LogP contribution in [0.5, 0.6) is 5.75 Å². The molecule has 0 saturated heterocycles. The molecule has 0 amide bonds. The molecule has 3 aromatic rings. The van der Waals surface area contributed by atoms with Crippen LogP contribution in [0.3, 0.4) is 0 Å². The van der Waals surface area contributed by atoms with Crippen LogP contribution in [0.25, 0.3) is 22.8 Å². The van der Waals surface area contributed by atoms with Crippen LogP contribution in [-0.2, 0) is 6.42 Å². The second kappa shape index (κ2) is 8.88. The van der Waals surface area contributed by atoms with Gasteiger partial charge in [0.1, 0.15) is 11.8 Å². The molecule has 1 aliphatic rings. The molecule has 0 spiro atoms. The number of benzene rings is 2. The third kappa shape index (κ3) is 4.31. The smallest absolute Gasteiger partial charge is 0.258 e. The van der Waals surface area contributed by atoms with Crippen molar-refractivity contribution in [1.82, 2.24) is 15.5 Å². The first kappa shape index (κ1) is 21.0. The zero-order chi connectivity index (χ0) is 22.0. The largest absolute Gasteiger partial charge is 0.490 e. The zero-order valence-electron chi connectivity index (χ0n) is 17.9. The Labute approximate surface area is 181 Å². The lowest BCUT2D eigenvalue weighted by Crippen LogP contribution is -2.32. The van der Waals surface area contributed by atoms with E-state index in [2.05, 4.69) is 27.6 Å². The highest BCUT2D eigenvalue weighted by Gasteiger charge is 2.27. The van der Waals surface area contributed by atoms with E-state index in [4.69, 9.17) is 9.26 Å². The highest BCUT2D eigenvalue weighted by Crippen LogP contribution is 2.37. The van der Waals surface area contributed by atoms with Crippen LogP contribution in [0.2, 0.25) is 0 Å². The van der Waals surface area contributed by atoms with Crippen molar-refractivity contribution in [3.05, 3.63) is 53.1 Å². The maximum absolute atomic E-state index is 9.48. The molecule has 0 radical (unpaired) electrons. The van der Waals surface area contributed by atoms with Gasteiger partial charge in [-0.15, -0.1) is 0 Å². The summed E-state index contributed by atoms with van der Waals surface area (Å²) in [6.07, 6.45) is 1.85. The quantitative estimate of drug-likeness (QED) is 0.597. The number of ether oxygens (including phenoxy) is 1. The minimum atomic E-state index is -0.0215. The predicted octanol–water partition coefficient (Wildman–Crippen LogP) is 4.02. The van der Waals surface area contributed by atoms with Crippen molar-refractivity contribution in [2.75, 3.05) is 6.61 Å². The van der Waals surface area contributed by atoms with Gasteiger partial charge in [0.25, 0.3) is 5.89 Å². The number of aromatic nitrogens is 2. The molecule has 160 valence electrons. The summed E-state index contributed by atoms with van der Waals surface area (Å²) in [5, 5.41) is 26.5. The summed E-state index contributed by atoms with van der Waals surface area (Å²) in [5.74, 6) is 1.43. The van der Waals surface area contributed by atoms with Gasteiger partial charge in [-0.25, -0.2) is 0 Å². The highest BCUT2D eigenvalue weighted by atomic mass is 16.5. The van der Waals surface area contributed by atoms with Crippen LogP contribution >= 0.6 is 0 Å². The summed E-state index contributed by atoms with van der Waals surface area (Å²) >= 11 is 0. The fourth-order valence-corrected chi connectivity index (χ4v) is 3.99. The van der Waals surface area contributed by atoms with Crippen LogP contribution in [0.1, 0.15) is 49.9 Å². The number of hydrogen-bond acceptors (Lipinski definition) is 7. The molecular weight excluding hydrogens is 392 g/mol. The zero-order valence-corrected chi connectivity index (χ0v) is 17.9. The second-order valence-corrected chi connectivity index (χ2v) is 8.13. The molecular formula is C24H26N4O3. The summed E-state index contributed by atoms with van der Waals surface area (Å²) in [7, 11) is 0. The van der Waals surface area contributed by atoms with Gasteiger partial charge in [-0.3, -0.25) is 0 Å². The van der Waals surface area contributed by atoms with Crippen LogP contribution in [-0.4, -0.2) is 34.0 Å². The molecule has 7 heteroatoms. The fourth-order valence-electron chi connectivity index (χ4n) is 3.99. The fraction of sp³-hybridized carbons (Fsp3) is 0.375. The van der Waals surface area contributed by atoms with E-state index in [-0.39, 0.29) is 24.8 Å². The number of aliphatic hydroxyl groups excluding tert-OH is 1. The first-order valence-corrected chi connectivity index (χ1v) is 10.5. The highest BCUT2D eigenvalue weighted by molar-refractivity contribution is 5.67. The molecule has 1 aliphatic carbocycles. The van der Waals surface area contributed by atoms with E-state index in [9.17, 15) is 10.4 Å². The van der Waals surface area contributed by atoms with Crippen LogP contribution in [0.4, 0.5) is 0 Å². The normalized spacial score (nSPS) is 16.2. The Bertz CT molecular complexity index is 1120. The average Bonchev–Trinajstić information content (AvgIpc) is 3.41. The minimum absolute atomic E-state index is 0.0215. The number of fused-ring (bicyclic) bond motifs is 1. The molecule has 2 unspecified atom stereocenters. The van der Waals surface area contributed by atoms with Crippen molar-refractivity contribution < 1.29 is 14.4 Å². The van der Waals surface area contributed by atoms with Gasteiger partial charge in [-0.2, -0.15) is 10.2 Å². The molecule has 0 aliphatic heterocycles. The number of aliphatic hydroxyl groups is 1. The monoisotopic (exact) mass is 418 g/mol. The Kier molecular flexibility index (Phi) is 6.03. The molecule has 2 atom stereocenters. The number of nitriles is 1. The summed E-state index contributed by atoms with van der Waals surface area (Å²) in [6.45, 7) is 5.91. The first-order chi connectivity index (χ1) is 15.0. The van der Waals surface area contributed by atoms with E-state index in [1.165, 1.54) is 11.1 Å². The third-order valence-corrected chi connectivity index (χ3v) is 5.41. The summed E-state index contributed by atoms with van der Waals surface area (Å²) in [4.78, 5) is 4.61. The van der Waals surface area contributed by atoms with Gasteiger partial charge >= 0.3 is 0 Å². The lowest BCUT2D eigenvalue weighted by Gasteiger charge is -2.18. The molecule has 2 aromatic carbocycles. The van der Waals surface area contributed by atoms with Gasteiger partial charge in [0.2, 0.25) is 5.82 Å². The van der Waals surface area contributed by atoms with Crippen molar-refractivity contribution in [2.45, 2.75) is 51.8 Å². The maximum Gasteiger partial charge on any atom is 0.258 e. The number of rotatable bonds is 7. The molecule has 0 saturated carbocycles. The number of nitrogens with one attached hydrogen (secondary N) is 1. The standard InChI is InChI=1S/C24H26N4O3/c1-14(2)30-22-10-7-16(11-17(22)12-25)24-27-23(28-31-24)20-6-4-5-19-18(20)8-9-21(19)26-15(3)13-29/h4-7,10-11,14-15,21,26,29H,8-9,13H2,1-3H3. The summed E-state index contributed by atoms with van der Waals surface area (Å²) in [6, 6.07) is 13.8. The molecule has 7 nitrogen and oxygen atoms in total. The van der Waals surface area contributed by atoms with Gasteiger partial charge in [0.15, 0.2) is 0 Å². The molecule has 31 heavy (non-hydrogen) atoms. The number of hydrogen-bond donors (Lipinski definition) is 2. The van der Waals surface area contributed by atoms with Gasteiger partial charge in [0, 0.05) is 23.2 Å². The lowest BCUT2D eigenvalue weighted by molar-refractivity contribution is 0.240. The van der Waals surface area contributed by atoms with E-state index in [0.717, 1.165) is 18.4 Å². The Morgan fingerprint density at radius 2 is 2.13 bits per heavy atom. The molecule has 2 N–H and O–H groups in total. The van der Waals surface area contributed by atoms with E-state index in [1.807, 2.05) is 39.0 Å². The topological polar surface area (TPSA) is 104 Å². The van der Waals surface area contributed by atoms with Crippen molar-refractivity contribution in [3.8, 4) is 34.7 Å². The van der Waals surface area contributed by atoms with E-state index in [0.29, 0.717) is 28.6 Å². The second-order valence-electron chi connectivity index (χ2n) is 8.13. The van der Waals surface area contributed by atoms with Crippen molar-refractivity contribution in [2.24, 2.45) is 0 Å². The van der Waals surface area contributed by atoms with E-state index >= 15 is 0 Å². The first-order valence-electron chi connectivity index (χ1n) is 10.5. The number of nitrogens with zero attached hydrogens (tertiary/aromatic N) is 3.